The first kappa shape index (κ1) is 45.9. The summed E-state index contributed by atoms with van der Waals surface area (Å²) in [5.74, 6) is 0.891. The van der Waals surface area contributed by atoms with Crippen molar-refractivity contribution in [2.24, 2.45) is 0 Å². The second-order valence-electron chi connectivity index (χ2n) is 14.5. The number of hydrogen-bond acceptors (Lipinski definition) is 19. The van der Waals surface area contributed by atoms with Crippen molar-refractivity contribution in [3.05, 3.63) is 70.1 Å². The van der Waals surface area contributed by atoms with E-state index in [0.717, 1.165) is 0 Å². The van der Waals surface area contributed by atoms with Crippen LogP contribution >= 0.6 is 0 Å². The van der Waals surface area contributed by atoms with Gasteiger partial charge < -0.3 is 74.2 Å². The average Bonchev–Trinajstić information content (AvgIpc) is 4.12. The number of ether oxygens (including phenoxy) is 5. The molecule has 2 aliphatic rings. The Kier molecular flexibility index (Phi) is 17.3. The summed E-state index contributed by atoms with van der Waals surface area (Å²) in [4.78, 5) is 25.5. The van der Waals surface area contributed by atoms with Gasteiger partial charge in [-0.05, 0) is 26.0 Å². The number of furan rings is 2. The number of nitrogens with one attached hydrogen (secondary N) is 4. The second kappa shape index (κ2) is 23.0. The molecule has 23 nitrogen and oxygen atoms in total. The zero-order chi connectivity index (χ0) is 43.1. The van der Waals surface area contributed by atoms with Gasteiger partial charge in [-0.2, -0.15) is 0 Å². The van der Waals surface area contributed by atoms with E-state index < -0.39 is 36.5 Å². The van der Waals surface area contributed by atoms with E-state index in [1.54, 1.807) is 47.7 Å². The minimum absolute atomic E-state index is 0.165. The van der Waals surface area contributed by atoms with Gasteiger partial charge >= 0.3 is 0 Å². The van der Waals surface area contributed by atoms with E-state index in [1.165, 1.54) is 0 Å². The number of hydrogen-bond donors (Lipinski definition) is 8. The topological polar surface area (TPSA) is 297 Å². The standard InChI is InChI=1S/C38H56N10O13/c1-23-27(15-31(60-23)33-35(51)29(49)19-39-33)37(53)41-17-25-21-47(45-43-25)3-5-55-7-9-57-11-13-59-14-12-58-10-8-56-6-4-48-22-26(44-46-48)18-42-38(54)28-16-32(61-24(28)2)34-36(52)30(50)20-40-34/h15-16,21-22,29-30,33-36,39-40,49-52H,3-14,17-20H2,1-2H3,(H,41,53)(H,42,54)/t29-,30-,33-,34-,35-,36-/m1/s1. The monoisotopic (exact) mass is 860 g/mol. The van der Waals surface area contributed by atoms with Crippen molar-refractivity contribution in [1.82, 2.24) is 51.3 Å². The number of aromatic nitrogens is 6. The summed E-state index contributed by atoms with van der Waals surface area (Å²) in [6, 6.07) is 1.97. The molecule has 23 heteroatoms. The van der Waals surface area contributed by atoms with Gasteiger partial charge in [0, 0.05) is 13.1 Å². The summed E-state index contributed by atoms with van der Waals surface area (Å²) < 4.78 is 42.4. The fraction of sp³-hybridized carbons (Fsp3) is 0.632. The number of carbonyl (C=O) groups excluding carboxylic acids is 2. The highest BCUT2D eigenvalue weighted by molar-refractivity contribution is 5.95. The van der Waals surface area contributed by atoms with Gasteiger partial charge in [-0.3, -0.25) is 9.59 Å². The maximum Gasteiger partial charge on any atom is 0.255 e. The number of β-amino-alcohol motifs (C(OH)–C–C–N with tert-alkyl or cyclic N) is 2. The van der Waals surface area contributed by atoms with Crippen molar-refractivity contribution < 1.29 is 62.5 Å². The number of nitrogens with zero attached hydrogens (tertiary/aromatic N) is 6. The molecule has 0 unspecified atom stereocenters. The summed E-state index contributed by atoms with van der Waals surface area (Å²) in [5, 5.41) is 67.7. The van der Waals surface area contributed by atoms with Crippen LogP contribution < -0.4 is 21.3 Å². The largest absolute Gasteiger partial charge is 0.464 e. The van der Waals surface area contributed by atoms with Gasteiger partial charge in [-0.1, -0.05) is 10.4 Å². The van der Waals surface area contributed by atoms with Gasteiger partial charge in [0.2, 0.25) is 0 Å². The maximum absolute atomic E-state index is 12.7. The molecule has 2 amide bonds. The Labute approximate surface area is 351 Å². The van der Waals surface area contributed by atoms with Crippen LogP contribution in [0.3, 0.4) is 0 Å². The van der Waals surface area contributed by atoms with Crippen LogP contribution in [0.25, 0.3) is 0 Å². The molecule has 0 aromatic carbocycles. The lowest BCUT2D eigenvalue weighted by atomic mass is 10.1. The summed E-state index contributed by atoms with van der Waals surface area (Å²) in [5.41, 5.74) is 1.83. The highest BCUT2D eigenvalue weighted by Gasteiger charge is 2.38. The molecule has 0 saturated carbocycles. The summed E-state index contributed by atoms with van der Waals surface area (Å²) in [6.45, 7) is 9.22. The Morgan fingerprint density at radius 2 is 1.00 bits per heavy atom. The van der Waals surface area contributed by atoms with Crippen LogP contribution in [0.5, 0.6) is 0 Å². The Morgan fingerprint density at radius 1 is 0.639 bits per heavy atom. The number of rotatable bonds is 26. The summed E-state index contributed by atoms with van der Waals surface area (Å²) in [6.07, 6.45) is -0.375. The highest BCUT2D eigenvalue weighted by Crippen LogP contribution is 2.29. The van der Waals surface area contributed by atoms with E-state index in [2.05, 4.69) is 41.9 Å². The van der Waals surface area contributed by atoms with E-state index in [-0.39, 0.29) is 38.0 Å². The fourth-order valence-electron chi connectivity index (χ4n) is 6.62. The molecule has 2 aliphatic heterocycles. The lowest BCUT2D eigenvalue weighted by Crippen LogP contribution is -2.25. The number of aryl methyl sites for hydroxylation is 2. The minimum Gasteiger partial charge on any atom is -0.464 e. The summed E-state index contributed by atoms with van der Waals surface area (Å²) >= 11 is 0. The smallest absolute Gasteiger partial charge is 0.255 e. The fourth-order valence-corrected chi connectivity index (χ4v) is 6.62. The van der Waals surface area contributed by atoms with Crippen LogP contribution in [0.4, 0.5) is 0 Å². The molecular weight excluding hydrogens is 804 g/mol. The third-order valence-corrected chi connectivity index (χ3v) is 9.99. The molecular formula is C38H56N10O13. The zero-order valence-electron chi connectivity index (χ0n) is 34.2. The predicted molar refractivity (Wildman–Crippen MR) is 209 cm³/mol. The van der Waals surface area contributed by atoms with Gasteiger partial charge in [-0.15, -0.1) is 10.2 Å². The van der Waals surface area contributed by atoms with Crippen LogP contribution in [0, 0.1) is 13.8 Å². The molecule has 0 spiro atoms. The lowest BCUT2D eigenvalue weighted by molar-refractivity contribution is -0.0121. The van der Waals surface area contributed by atoms with Crippen molar-refractivity contribution in [3.63, 3.8) is 0 Å². The molecule has 4 aromatic rings. The lowest BCUT2D eigenvalue weighted by Gasteiger charge is -2.12. The third-order valence-electron chi connectivity index (χ3n) is 9.99. The van der Waals surface area contributed by atoms with Crippen LogP contribution in [0.1, 0.15) is 67.2 Å². The maximum atomic E-state index is 12.7. The van der Waals surface area contributed by atoms with Crippen LogP contribution in [0.15, 0.2) is 33.4 Å². The van der Waals surface area contributed by atoms with E-state index in [0.29, 0.717) is 125 Å². The Balaban J connectivity index is 0.704. The highest BCUT2D eigenvalue weighted by atomic mass is 16.6. The molecule has 6 heterocycles. The Bertz CT molecular complexity index is 1830. The first-order valence-electron chi connectivity index (χ1n) is 20.2. The molecule has 6 atom stereocenters. The molecule has 2 saturated heterocycles. The van der Waals surface area contributed by atoms with Crippen LogP contribution in [-0.4, -0.2) is 166 Å². The first-order chi connectivity index (χ1) is 29.6. The minimum atomic E-state index is -1.02. The Hall–Kier alpha value is -4.66. The average molecular weight is 861 g/mol. The van der Waals surface area contributed by atoms with Crippen molar-refractivity contribution in [1.29, 1.82) is 0 Å². The predicted octanol–water partition coefficient (Wildman–Crippen LogP) is -1.95. The Morgan fingerprint density at radius 3 is 1.34 bits per heavy atom. The van der Waals surface area contributed by atoms with Crippen LogP contribution in [0.2, 0.25) is 0 Å². The van der Waals surface area contributed by atoms with Crippen molar-refractivity contribution in [2.45, 2.75) is 76.5 Å². The molecule has 4 aromatic heterocycles. The zero-order valence-corrected chi connectivity index (χ0v) is 34.2. The second-order valence-corrected chi connectivity index (χ2v) is 14.5. The summed E-state index contributed by atoms with van der Waals surface area (Å²) in [7, 11) is 0. The normalized spacial score (nSPS) is 21.4. The molecule has 8 N–H and O–H groups in total. The molecule has 0 bridgehead atoms. The van der Waals surface area contributed by atoms with Gasteiger partial charge in [0.05, 0.1) is 140 Å². The molecule has 2 fully saturated rings. The van der Waals surface area contributed by atoms with Crippen molar-refractivity contribution in [2.75, 3.05) is 79.2 Å². The van der Waals surface area contributed by atoms with Gasteiger partial charge in [0.15, 0.2) is 0 Å². The molecule has 0 aliphatic carbocycles. The molecule has 0 radical (unpaired) electrons. The van der Waals surface area contributed by atoms with E-state index in [1.807, 2.05) is 0 Å². The number of aliphatic hydroxyl groups is 4. The molecule has 61 heavy (non-hydrogen) atoms. The van der Waals surface area contributed by atoms with Crippen molar-refractivity contribution in [3.8, 4) is 0 Å². The number of carbonyl (C=O) groups is 2. The van der Waals surface area contributed by atoms with E-state index in [4.69, 9.17) is 32.5 Å². The van der Waals surface area contributed by atoms with Crippen molar-refractivity contribution >= 4 is 11.8 Å². The van der Waals surface area contributed by atoms with E-state index in [9.17, 15) is 30.0 Å². The van der Waals surface area contributed by atoms with Crippen LogP contribution in [-0.2, 0) is 49.9 Å². The van der Waals surface area contributed by atoms with Gasteiger partial charge in [-0.25, -0.2) is 9.36 Å². The van der Waals surface area contributed by atoms with E-state index >= 15 is 0 Å². The number of aliphatic hydroxyl groups excluding tert-OH is 4. The van der Waals surface area contributed by atoms with Gasteiger partial charge in [0.25, 0.3) is 11.8 Å². The first-order valence-corrected chi connectivity index (χ1v) is 20.2. The number of amides is 2. The van der Waals surface area contributed by atoms with Gasteiger partial charge in [0.1, 0.15) is 46.6 Å². The SMILES string of the molecule is Cc1oc([C@H]2NC[C@@H](O)[C@H]2O)cc1C(=O)NCc1cn(CCOCCOCCOCCOCCOCCn2cc(CNC(=O)c3cc([C@H]4NC[C@@H](O)[C@H]4O)oc3C)nn2)nn1. The molecule has 6 rings (SSSR count). The molecule has 336 valence electrons. The quantitative estimate of drug-likeness (QED) is 0.0318. The third kappa shape index (κ3) is 13.2.